The van der Waals surface area contributed by atoms with Gasteiger partial charge >= 0.3 is 0 Å². The van der Waals surface area contributed by atoms with E-state index < -0.39 is 35.2 Å². The molecule has 348 valence electrons. The van der Waals surface area contributed by atoms with E-state index in [0.29, 0.717) is 67.9 Å². The van der Waals surface area contributed by atoms with Crippen molar-refractivity contribution >= 4 is 58.0 Å². The molecule has 0 radical (unpaired) electrons. The Labute approximate surface area is 391 Å². The molecule has 6 heterocycles. The number of piperidine rings is 3. The van der Waals surface area contributed by atoms with Gasteiger partial charge in [0.1, 0.15) is 47.0 Å². The molecule has 6 amide bonds. The lowest BCUT2D eigenvalue weighted by Gasteiger charge is -2.42. The monoisotopic (exact) mass is 918 g/mol. The minimum Gasteiger partial charge on any atom is -0.457 e. The van der Waals surface area contributed by atoms with E-state index in [4.69, 9.17) is 15.6 Å². The molecule has 9 rings (SSSR count). The molecule has 5 aromatic rings. The van der Waals surface area contributed by atoms with Crippen molar-refractivity contribution < 1.29 is 33.5 Å². The predicted molar refractivity (Wildman–Crippen MR) is 249 cm³/mol. The maximum atomic E-state index is 14.1. The minimum absolute atomic E-state index is 0.00858. The molecule has 0 aliphatic carbocycles. The van der Waals surface area contributed by atoms with Crippen LogP contribution in [0, 0.1) is 11.3 Å². The van der Waals surface area contributed by atoms with Crippen molar-refractivity contribution in [1.29, 1.82) is 5.26 Å². The highest BCUT2D eigenvalue weighted by molar-refractivity contribution is 6.25. The number of nitriles is 1. The second-order valence-corrected chi connectivity index (χ2v) is 17.9. The number of likely N-dealkylation sites (tertiary alicyclic amines) is 2. The van der Waals surface area contributed by atoms with Crippen LogP contribution in [0.1, 0.15) is 79.1 Å². The van der Waals surface area contributed by atoms with E-state index in [2.05, 4.69) is 36.9 Å². The Kier molecular flexibility index (Phi) is 12.4. The number of aromatic nitrogens is 4. The minimum atomic E-state index is -1.10. The number of hydrogen-bond acceptors (Lipinski definition) is 14. The summed E-state index contributed by atoms with van der Waals surface area (Å²) < 4.78 is 7.81. The molecule has 5 N–H and O–H groups in total. The maximum Gasteiger partial charge on any atom is 0.264 e. The van der Waals surface area contributed by atoms with Gasteiger partial charge in [-0.1, -0.05) is 24.3 Å². The van der Waals surface area contributed by atoms with Crippen molar-refractivity contribution in [1.82, 2.24) is 45.1 Å². The third-order valence-electron chi connectivity index (χ3n) is 13.1. The molecule has 4 aliphatic heterocycles. The summed E-state index contributed by atoms with van der Waals surface area (Å²) in [7, 11) is 0. The molecule has 1 unspecified atom stereocenters. The van der Waals surface area contributed by atoms with Crippen LogP contribution in [0.2, 0.25) is 0 Å². The van der Waals surface area contributed by atoms with Crippen LogP contribution >= 0.6 is 0 Å². The smallest absolute Gasteiger partial charge is 0.264 e. The van der Waals surface area contributed by atoms with Gasteiger partial charge < -0.3 is 26.0 Å². The summed E-state index contributed by atoms with van der Waals surface area (Å²) in [6.07, 6.45) is 5.82. The number of ether oxygens (including phenoxy) is 1. The molecule has 3 saturated heterocycles. The van der Waals surface area contributed by atoms with Crippen LogP contribution in [0.15, 0.2) is 90.8 Å². The van der Waals surface area contributed by atoms with Gasteiger partial charge in [-0.3, -0.25) is 43.9 Å². The van der Waals surface area contributed by atoms with Gasteiger partial charge in [-0.15, -0.1) is 0 Å². The molecule has 2 atom stereocenters. The highest BCUT2D eigenvalue weighted by atomic mass is 16.5. The fraction of sp³-hybridized carbons (Fsp3) is 0.347. The number of carbonyl (C=O) groups excluding carboxylic acids is 6. The lowest BCUT2D eigenvalue weighted by Crippen LogP contribution is -2.54. The normalized spacial score (nSPS) is 19.4. The predicted octanol–water partition coefficient (Wildman–Crippen LogP) is 4.35. The third-order valence-corrected chi connectivity index (χ3v) is 13.1. The number of amides is 6. The second-order valence-electron chi connectivity index (χ2n) is 17.9. The summed E-state index contributed by atoms with van der Waals surface area (Å²) in [5.74, 6) is -1.46. The molecule has 0 bridgehead atoms. The van der Waals surface area contributed by atoms with E-state index >= 15 is 0 Å². The maximum absolute atomic E-state index is 14.1. The summed E-state index contributed by atoms with van der Waals surface area (Å²) in [6, 6.07) is 22.4. The highest BCUT2D eigenvalue weighted by Gasteiger charge is 2.46. The van der Waals surface area contributed by atoms with E-state index in [1.54, 1.807) is 23.1 Å². The average Bonchev–Trinajstić information content (AvgIpc) is 3.86. The molecule has 19 nitrogen and oxygen atoms in total. The first-order chi connectivity index (χ1) is 32.8. The lowest BCUT2D eigenvalue weighted by molar-refractivity contribution is -0.136. The van der Waals surface area contributed by atoms with Crippen LogP contribution in [-0.2, 0) is 19.2 Å². The number of nitrogens with one attached hydrogen (secondary N) is 3. The molecule has 3 aromatic carbocycles. The number of imide groups is 2. The number of fused-ring (bicyclic) bond motifs is 2. The largest absolute Gasteiger partial charge is 0.457 e. The van der Waals surface area contributed by atoms with Gasteiger partial charge in [0.15, 0.2) is 5.65 Å². The number of para-hydroxylation sites is 1. The molecule has 0 saturated carbocycles. The van der Waals surface area contributed by atoms with Crippen LogP contribution in [0.25, 0.3) is 22.3 Å². The van der Waals surface area contributed by atoms with Gasteiger partial charge in [-0.2, -0.15) is 10.4 Å². The number of carbonyl (C=O) groups is 6. The van der Waals surface area contributed by atoms with E-state index in [0.717, 1.165) is 22.6 Å². The van der Waals surface area contributed by atoms with Crippen LogP contribution in [0.3, 0.4) is 0 Å². The Bertz CT molecular complexity index is 2900. The Morgan fingerprint density at radius 2 is 1.68 bits per heavy atom. The van der Waals surface area contributed by atoms with E-state index in [1.807, 2.05) is 73.1 Å². The zero-order valence-corrected chi connectivity index (χ0v) is 37.6. The Morgan fingerprint density at radius 3 is 2.41 bits per heavy atom. The van der Waals surface area contributed by atoms with Crippen LogP contribution in [-0.4, -0.2) is 120 Å². The number of nitrogen functional groups attached to an aromatic ring is 1. The summed E-state index contributed by atoms with van der Waals surface area (Å²) in [5.41, 5.74) is 8.24. The first-order valence-electron chi connectivity index (χ1n) is 22.7. The number of anilines is 2. The van der Waals surface area contributed by atoms with Gasteiger partial charge in [0.05, 0.1) is 29.1 Å². The summed E-state index contributed by atoms with van der Waals surface area (Å²) >= 11 is 0. The number of hydrogen-bond donors (Lipinski definition) is 4. The van der Waals surface area contributed by atoms with Gasteiger partial charge in [0.25, 0.3) is 17.7 Å². The van der Waals surface area contributed by atoms with E-state index in [1.165, 1.54) is 12.4 Å². The highest BCUT2D eigenvalue weighted by Crippen LogP contribution is 2.36. The van der Waals surface area contributed by atoms with Crippen molar-refractivity contribution in [3.8, 4) is 28.8 Å². The molecular weight excluding hydrogens is 869 g/mol. The number of benzene rings is 3. The third kappa shape index (κ3) is 8.97. The van der Waals surface area contributed by atoms with Crippen molar-refractivity contribution in [3.63, 3.8) is 0 Å². The van der Waals surface area contributed by atoms with Crippen molar-refractivity contribution in [2.45, 2.75) is 76.0 Å². The van der Waals surface area contributed by atoms with Crippen molar-refractivity contribution in [2.75, 3.05) is 43.8 Å². The lowest BCUT2D eigenvalue weighted by atomic mass is 9.93. The quantitative estimate of drug-likeness (QED) is 0.0772. The zero-order chi connectivity index (χ0) is 47.7. The number of nitrogens with zero attached hydrogens (tertiary/aromatic N) is 8. The molecule has 0 spiro atoms. The molecular formula is C49H50N12O7. The van der Waals surface area contributed by atoms with Crippen molar-refractivity contribution in [3.05, 3.63) is 102 Å². The fourth-order valence-electron chi connectivity index (χ4n) is 9.57. The number of rotatable bonds is 12. The summed E-state index contributed by atoms with van der Waals surface area (Å²) in [4.78, 5) is 91.8. The van der Waals surface area contributed by atoms with Gasteiger partial charge in [-0.25, -0.2) is 14.6 Å². The zero-order valence-electron chi connectivity index (χ0n) is 37.6. The van der Waals surface area contributed by atoms with E-state index in [-0.39, 0.29) is 71.5 Å². The first kappa shape index (κ1) is 45.2. The Morgan fingerprint density at radius 1 is 0.926 bits per heavy atom. The molecule has 2 aromatic heterocycles. The summed E-state index contributed by atoms with van der Waals surface area (Å²) in [6.45, 7) is 5.71. The number of nitrogens with two attached hydrogens (primary N) is 1. The average molecular weight is 919 g/mol. The van der Waals surface area contributed by atoms with Crippen LogP contribution < -0.4 is 26.4 Å². The fourth-order valence-corrected chi connectivity index (χ4v) is 9.57. The van der Waals surface area contributed by atoms with Gasteiger partial charge in [0.2, 0.25) is 17.7 Å². The second kappa shape index (κ2) is 18.7. The Hall–Kier alpha value is -7.98. The van der Waals surface area contributed by atoms with Gasteiger partial charge in [0, 0.05) is 55.4 Å². The molecule has 3 fully saturated rings. The molecule has 19 heteroatoms. The van der Waals surface area contributed by atoms with Crippen LogP contribution in [0.4, 0.5) is 11.5 Å². The van der Waals surface area contributed by atoms with E-state index in [9.17, 15) is 34.0 Å². The summed E-state index contributed by atoms with van der Waals surface area (Å²) in [5, 5.41) is 24.2. The topological polar surface area (TPSA) is 251 Å². The van der Waals surface area contributed by atoms with Gasteiger partial charge in [-0.05, 0) is 101 Å². The first-order valence-corrected chi connectivity index (χ1v) is 22.7. The van der Waals surface area contributed by atoms with Crippen molar-refractivity contribution in [2.24, 2.45) is 0 Å². The Balaban J connectivity index is 0.805. The van der Waals surface area contributed by atoms with Crippen LogP contribution in [0.5, 0.6) is 11.5 Å². The SMILES string of the molecule is CC(C)(/C=C(\C#N)C(=O)N1CCC[C@@H](n2nc(-c3ccc(Oc4ccccc4)cc3)c3c(N)ncnc32)C1)N1CCC(NC(=O)CNc2cccc3c2C(=O)N(C2CCC(=O)NC2=O)C3=O)CC1. The molecule has 4 aliphatic rings. The standard InChI is InChI=1S/C49H50N12O7/c1-49(2,59-22-19-31(20-23-59)55-39(63)26-52-36-12-6-11-35-40(36)48(67)60(47(35)66)37-17-18-38(62)56-45(37)64)24-30(25-50)46(65)58-21-7-8-32(27-58)61-44-41(43(51)53-28-54-44)42(57-61)29-13-15-34(16-14-29)68-33-9-4-3-5-10-33/h3-6,9-16,24,28,31-32,37,52H,7-8,17-23,26-27H2,1-2H3,(H,55,63)(H2,51,53,54)(H,56,62,64)/b30-24+/t32-,37?/m1/s1. The molecule has 68 heavy (non-hydrogen) atoms.